The zero-order chi connectivity index (χ0) is 11.3. The van der Waals surface area contributed by atoms with Crippen molar-refractivity contribution in [2.75, 3.05) is 19.7 Å². The maximum Gasteiger partial charge on any atom is 0.0576 e. The van der Waals surface area contributed by atoms with E-state index in [9.17, 15) is 0 Å². The van der Waals surface area contributed by atoms with Crippen LogP contribution in [0, 0.1) is 5.41 Å². The van der Waals surface area contributed by atoms with Gasteiger partial charge in [0.05, 0.1) is 6.10 Å². The topological polar surface area (TPSA) is 21.3 Å². The summed E-state index contributed by atoms with van der Waals surface area (Å²) >= 11 is 0. The second-order valence-electron chi connectivity index (χ2n) is 5.97. The Hall–Kier alpha value is -0.0800. The van der Waals surface area contributed by atoms with E-state index < -0.39 is 0 Å². The van der Waals surface area contributed by atoms with Crippen molar-refractivity contribution in [2.45, 2.75) is 64.4 Å². The quantitative estimate of drug-likeness (QED) is 0.701. The van der Waals surface area contributed by atoms with Crippen molar-refractivity contribution < 1.29 is 4.74 Å². The average Bonchev–Trinajstić information content (AvgIpc) is 2.89. The van der Waals surface area contributed by atoms with Crippen LogP contribution in [0.15, 0.2) is 0 Å². The smallest absolute Gasteiger partial charge is 0.0576 e. The van der Waals surface area contributed by atoms with Crippen molar-refractivity contribution in [3.63, 3.8) is 0 Å². The van der Waals surface area contributed by atoms with Gasteiger partial charge in [-0.25, -0.2) is 0 Å². The van der Waals surface area contributed by atoms with Crippen molar-refractivity contribution in [1.82, 2.24) is 5.32 Å². The molecule has 1 saturated heterocycles. The van der Waals surface area contributed by atoms with Gasteiger partial charge in [-0.05, 0) is 50.5 Å². The minimum atomic E-state index is 0.573. The lowest BCUT2D eigenvalue weighted by Crippen LogP contribution is -2.30. The van der Waals surface area contributed by atoms with Crippen LogP contribution in [0.4, 0.5) is 0 Å². The van der Waals surface area contributed by atoms with Gasteiger partial charge in [-0.2, -0.15) is 0 Å². The first-order chi connectivity index (χ1) is 7.79. The van der Waals surface area contributed by atoms with Crippen LogP contribution in [0.3, 0.4) is 0 Å². The molecule has 1 N–H and O–H groups in total. The maximum atomic E-state index is 5.62. The number of hydrogen-bond donors (Lipinski definition) is 1. The molecule has 0 amide bonds. The minimum absolute atomic E-state index is 0.573. The van der Waals surface area contributed by atoms with Crippen LogP contribution in [-0.2, 0) is 4.74 Å². The van der Waals surface area contributed by atoms with Gasteiger partial charge in [0.1, 0.15) is 0 Å². The Labute approximate surface area is 100 Å². The highest BCUT2D eigenvalue weighted by atomic mass is 16.5. The summed E-state index contributed by atoms with van der Waals surface area (Å²) in [5.74, 6) is 0. The van der Waals surface area contributed by atoms with Crippen LogP contribution in [0.25, 0.3) is 0 Å². The molecule has 0 aromatic heterocycles. The zero-order valence-electron chi connectivity index (χ0n) is 10.8. The first kappa shape index (κ1) is 12.4. The van der Waals surface area contributed by atoms with E-state index in [0.29, 0.717) is 11.5 Å². The van der Waals surface area contributed by atoms with Crippen molar-refractivity contribution in [2.24, 2.45) is 5.41 Å². The molecule has 2 rings (SSSR count). The Morgan fingerprint density at radius 2 is 2.06 bits per heavy atom. The largest absolute Gasteiger partial charge is 0.378 e. The summed E-state index contributed by atoms with van der Waals surface area (Å²) in [6.07, 6.45) is 11.4. The predicted octanol–water partition coefficient (Wildman–Crippen LogP) is 3.12. The number of rotatable bonds is 6. The van der Waals surface area contributed by atoms with Crippen molar-refractivity contribution in [3.8, 4) is 0 Å². The Morgan fingerprint density at radius 3 is 2.75 bits per heavy atom. The molecule has 1 unspecified atom stereocenters. The molecule has 1 heterocycles. The molecular formula is C14H27NO. The van der Waals surface area contributed by atoms with Gasteiger partial charge in [0, 0.05) is 13.2 Å². The van der Waals surface area contributed by atoms with Gasteiger partial charge in [0.15, 0.2) is 0 Å². The van der Waals surface area contributed by atoms with E-state index in [1.807, 2.05) is 0 Å². The first-order valence-electron chi connectivity index (χ1n) is 7.11. The van der Waals surface area contributed by atoms with Gasteiger partial charge in [0.25, 0.3) is 0 Å². The molecule has 16 heavy (non-hydrogen) atoms. The predicted molar refractivity (Wildman–Crippen MR) is 67.7 cm³/mol. The Balaban J connectivity index is 1.48. The summed E-state index contributed by atoms with van der Waals surface area (Å²) in [7, 11) is 0. The third kappa shape index (κ3) is 3.74. The summed E-state index contributed by atoms with van der Waals surface area (Å²) in [6.45, 7) is 5.83. The molecule has 0 aromatic rings. The third-order valence-electron chi connectivity index (χ3n) is 4.27. The van der Waals surface area contributed by atoms with E-state index >= 15 is 0 Å². The van der Waals surface area contributed by atoms with E-state index in [2.05, 4.69) is 12.2 Å². The monoisotopic (exact) mass is 225 g/mol. The molecule has 0 radical (unpaired) electrons. The summed E-state index contributed by atoms with van der Waals surface area (Å²) < 4.78 is 5.62. The molecule has 2 nitrogen and oxygen atoms in total. The fourth-order valence-electron chi connectivity index (χ4n) is 3.12. The highest BCUT2D eigenvalue weighted by molar-refractivity contribution is 4.82. The fraction of sp³-hybridized carbons (Fsp3) is 1.00. The SMILES string of the molecule is CC1(CNCCCC2CCCO2)CCCC1. The first-order valence-corrected chi connectivity index (χ1v) is 7.11. The lowest BCUT2D eigenvalue weighted by Gasteiger charge is -2.23. The molecule has 94 valence electrons. The molecular weight excluding hydrogens is 198 g/mol. The Morgan fingerprint density at radius 1 is 1.25 bits per heavy atom. The highest BCUT2D eigenvalue weighted by Gasteiger charge is 2.27. The van der Waals surface area contributed by atoms with Gasteiger partial charge >= 0.3 is 0 Å². The van der Waals surface area contributed by atoms with Gasteiger partial charge in [-0.15, -0.1) is 0 Å². The van der Waals surface area contributed by atoms with E-state index in [0.717, 1.165) is 6.61 Å². The number of hydrogen-bond acceptors (Lipinski definition) is 2. The van der Waals surface area contributed by atoms with Gasteiger partial charge in [0.2, 0.25) is 0 Å². The summed E-state index contributed by atoms with van der Waals surface area (Å²) in [5.41, 5.74) is 0.601. The molecule has 2 aliphatic rings. The van der Waals surface area contributed by atoms with E-state index in [1.54, 1.807) is 0 Å². The van der Waals surface area contributed by atoms with Crippen LogP contribution < -0.4 is 5.32 Å². The van der Waals surface area contributed by atoms with E-state index in [4.69, 9.17) is 4.74 Å². The zero-order valence-corrected chi connectivity index (χ0v) is 10.8. The molecule has 0 aromatic carbocycles. The van der Waals surface area contributed by atoms with Gasteiger partial charge in [-0.3, -0.25) is 0 Å². The van der Waals surface area contributed by atoms with Crippen LogP contribution in [0.2, 0.25) is 0 Å². The lowest BCUT2D eigenvalue weighted by atomic mass is 9.89. The molecule has 1 saturated carbocycles. The molecule has 2 heteroatoms. The van der Waals surface area contributed by atoms with Crippen LogP contribution in [0.5, 0.6) is 0 Å². The molecule has 1 aliphatic heterocycles. The van der Waals surface area contributed by atoms with Gasteiger partial charge < -0.3 is 10.1 Å². The summed E-state index contributed by atoms with van der Waals surface area (Å²) in [6, 6.07) is 0. The molecule has 1 atom stereocenters. The second-order valence-corrected chi connectivity index (χ2v) is 5.97. The van der Waals surface area contributed by atoms with Crippen molar-refractivity contribution in [3.05, 3.63) is 0 Å². The average molecular weight is 225 g/mol. The maximum absolute atomic E-state index is 5.62. The Bertz CT molecular complexity index is 193. The minimum Gasteiger partial charge on any atom is -0.378 e. The lowest BCUT2D eigenvalue weighted by molar-refractivity contribution is 0.102. The fourth-order valence-corrected chi connectivity index (χ4v) is 3.12. The molecule has 0 spiro atoms. The van der Waals surface area contributed by atoms with Crippen LogP contribution in [0.1, 0.15) is 58.3 Å². The summed E-state index contributed by atoms with van der Waals surface area (Å²) in [5, 5.41) is 3.64. The van der Waals surface area contributed by atoms with E-state index in [-0.39, 0.29) is 0 Å². The molecule has 2 fully saturated rings. The number of nitrogens with one attached hydrogen (secondary N) is 1. The standard InChI is InChI=1S/C14H27NO/c1-14(8-2-3-9-14)12-15-10-4-6-13-7-5-11-16-13/h13,15H,2-12H2,1H3. The molecule has 0 bridgehead atoms. The Kier molecular flexibility index (Phi) is 4.66. The van der Waals surface area contributed by atoms with E-state index in [1.165, 1.54) is 64.5 Å². The van der Waals surface area contributed by atoms with Crippen molar-refractivity contribution >= 4 is 0 Å². The van der Waals surface area contributed by atoms with Gasteiger partial charge in [-0.1, -0.05) is 19.8 Å². The van der Waals surface area contributed by atoms with Crippen LogP contribution >= 0.6 is 0 Å². The van der Waals surface area contributed by atoms with Crippen LogP contribution in [-0.4, -0.2) is 25.8 Å². The number of ether oxygens (including phenoxy) is 1. The third-order valence-corrected chi connectivity index (χ3v) is 4.27. The molecule has 1 aliphatic carbocycles. The normalized spacial score (nSPS) is 28.7. The van der Waals surface area contributed by atoms with Crippen molar-refractivity contribution in [1.29, 1.82) is 0 Å². The second kappa shape index (κ2) is 6.02. The highest BCUT2D eigenvalue weighted by Crippen LogP contribution is 2.36. The summed E-state index contributed by atoms with van der Waals surface area (Å²) in [4.78, 5) is 0.